The third kappa shape index (κ3) is 5.68. The first-order chi connectivity index (χ1) is 20.6. The molecule has 5 aromatic rings. The molecule has 4 aromatic heterocycles. The van der Waals surface area contributed by atoms with Crippen LogP contribution in [0, 0.1) is 5.92 Å². The maximum atomic E-state index is 13.3. The number of amides is 1. The topological polar surface area (TPSA) is 134 Å². The van der Waals surface area contributed by atoms with E-state index in [1.54, 1.807) is 18.6 Å². The van der Waals surface area contributed by atoms with E-state index >= 15 is 0 Å². The number of nitrogens with zero attached hydrogens (tertiary/aromatic N) is 6. The molecular formula is C30H28ClN9O2. The van der Waals surface area contributed by atoms with Crippen LogP contribution in [-0.2, 0) is 17.6 Å². The highest BCUT2D eigenvalue weighted by Crippen LogP contribution is 2.31. The van der Waals surface area contributed by atoms with Gasteiger partial charge in [0.1, 0.15) is 10.5 Å². The Morgan fingerprint density at radius 1 is 1.07 bits per heavy atom. The fraction of sp³-hybridized carbons (Fsp3) is 0.267. The molecule has 6 heterocycles. The number of benzene rings is 1. The van der Waals surface area contributed by atoms with E-state index in [0.717, 1.165) is 59.5 Å². The van der Waals surface area contributed by atoms with E-state index in [0.29, 0.717) is 47.9 Å². The van der Waals surface area contributed by atoms with Gasteiger partial charge in [0, 0.05) is 43.3 Å². The van der Waals surface area contributed by atoms with Crippen molar-refractivity contribution in [3.8, 4) is 0 Å². The molecule has 42 heavy (non-hydrogen) atoms. The number of oxazole rings is 1. The zero-order chi connectivity index (χ0) is 28.5. The molecule has 12 heteroatoms. The molecule has 0 saturated carbocycles. The van der Waals surface area contributed by atoms with Gasteiger partial charge < -0.3 is 25.3 Å². The molecule has 0 spiro atoms. The highest BCUT2D eigenvalue weighted by molar-refractivity contribution is 6.32. The number of aromatic nitrogens is 5. The van der Waals surface area contributed by atoms with Crippen LogP contribution in [0.2, 0.25) is 5.02 Å². The second kappa shape index (κ2) is 11.2. The minimum atomic E-state index is -0.0164. The van der Waals surface area contributed by atoms with Crippen LogP contribution in [-0.4, -0.2) is 43.9 Å². The van der Waals surface area contributed by atoms with E-state index in [1.165, 1.54) is 0 Å². The van der Waals surface area contributed by atoms with Gasteiger partial charge in [0.05, 0.1) is 18.1 Å². The molecule has 2 aliphatic heterocycles. The van der Waals surface area contributed by atoms with E-state index in [-0.39, 0.29) is 11.8 Å². The van der Waals surface area contributed by atoms with Crippen LogP contribution in [0.3, 0.4) is 0 Å². The second-order valence-electron chi connectivity index (χ2n) is 10.6. The van der Waals surface area contributed by atoms with Gasteiger partial charge in [0.15, 0.2) is 5.82 Å². The predicted octanol–water partition coefficient (Wildman–Crippen LogP) is 5.89. The van der Waals surface area contributed by atoms with Crippen LogP contribution in [0.5, 0.6) is 0 Å². The number of carbonyl (C=O) groups is 1. The van der Waals surface area contributed by atoms with Crippen molar-refractivity contribution in [3.05, 3.63) is 77.3 Å². The smallest absolute Gasteiger partial charge is 0.299 e. The van der Waals surface area contributed by atoms with Crippen LogP contribution >= 0.6 is 11.6 Å². The average Bonchev–Trinajstić information content (AvgIpc) is 3.44. The fourth-order valence-corrected chi connectivity index (χ4v) is 5.65. The van der Waals surface area contributed by atoms with E-state index < -0.39 is 0 Å². The molecule has 11 nitrogen and oxygen atoms in total. The largest absolute Gasteiger partial charge is 0.404 e. The lowest BCUT2D eigenvalue weighted by atomic mass is 9.94. The molecule has 6 bridgehead atoms. The Hall–Kier alpha value is -4.77. The third-order valence-corrected chi connectivity index (χ3v) is 7.82. The highest BCUT2D eigenvalue weighted by atomic mass is 35.5. The minimum absolute atomic E-state index is 0.0164. The summed E-state index contributed by atoms with van der Waals surface area (Å²) in [6.07, 6.45) is 10.6. The van der Waals surface area contributed by atoms with E-state index in [9.17, 15) is 4.79 Å². The molecule has 0 radical (unpaired) electrons. The average molecular weight is 582 g/mol. The predicted molar refractivity (Wildman–Crippen MR) is 162 cm³/mol. The summed E-state index contributed by atoms with van der Waals surface area (Å²) in [6.45, 7) is 1.54. The number of rotatable bonds is 4. The van der Waals surface area contributed by atoms with Crippen molar-refractivity contribution in [2.24, 2.45) is 5.92 Å². The zero-order valence-electron chi connectivity index (χ0n) is 22.7. The van der Waals surface area contributed by atoms with Gasteiger partial charge in [-0.3, -0.25) is 9.78 Å². The Morgan fingerprint density at radius 2 is 2.02 bits per heavy atom. The molecule has 1 fully saturated rings. The SMILES string of the molecule is O=C(C[C@H]1CCCN(c2nc3cccnc3o2)C1)Nc1ccc2cc1CCc1cncc(c1)Nc1ncc(Cl)c(n1)N2. The Morgan fingerprint density at radius 3 is 2.95 bits per heavy atom. The molecule has 212 valence electrons. The molecule has 2 aliphatic rings. The quantitative estimate of drug-likeness (QED) is 0.236. The molecule has 1 saturated heterocycles. The number of pyridine rings is 2. The fourth-order valence-electron chi connectivity index (χ4n) is 5.52. The van der Waals surface area contributed by atoms with Crippen LogP contribution in [0.1, 0.15) is 30.4 Å². The Labute approximate surface area is 246 Å². The lowest BCUT2D eigenvalue weighted by molar-refractivity contribution is -0.117. The number of hydrogen-bond donors (Lipinski definition) is 3. The van der Waals surface area contributed by atoms with Crippen LogP contribution in [0.25, 0.3) is 11.2 Å². The Balaban J connectivity index is 1.08. The van der Waals surface area contributed by atoms with Crippen molar-refractivity contribution >= 4 is 63.6 Å². The molecule has 3 N–H and O–H groups in total. The number of fused-ring (bicyclic) bond motifs is 7. The summed E-state index contributed by atoms with van der Waals surface area (Å²) in [5, 5.41) is 10.1. The maximum Gasteiger partial charge on any atom is 0.299 e. The van der Waals surface area contributed by atoms with Gasteiger partial charge in [-0.1, -0.05) is 11.6 Å². The first kappa shape index (κ1) is 26.1. The van der Waals surface area contributed by atoms with Crippen molar-refractivity contribution in [1.29, 1.82) is 0 Å². The molecule has 1 aromatic carbocycles. The first-order valence-corrected chi connectivity index (χ1v) is 14.3. The second-order valence-corrected chi connectivity index (χ2v) is 11.0. The first-order valence-electron chi connectivity index (χ1n) is 14.0. The number of aryl methyl sites for hydroxylation is 2. The number of anilines is 6. The summed E-state index contributed by atoms with van der Waals surface area (Å²) in [4.78, 5) is 37.5. The Bertz CT molecular complexity index is 1740. The van der Waals surface area contributed by atoms with Gasteiger partial charge >= 0.3 is 0 Å². The number of piperidine rings is 1. The molecule has 7 rings (SSSR count). The van der Waals surface area contributed by atoms with Crippen LogP contribution in [0.15, 0.2) is 65.6 Å². The lowest BCUT2D eigenvalue weighted by Gasteiger charge is -2.31. The van der Waals surface area contributed by atoms with Crippen molar-refractivity contribution in [3.63, 3.8) is 0 Å². The molecular weight excluding hydrogens is 554 g/mol. The third-order valence-electron chi connectivity index (χ3n) is 7.54. The van der Waals surface area contributed by atoms with Crippen LogP contribution < -0.4 is 20.9 Å². The molecule has 1 atom stereocenters. The Kier molecular flexibility index (Phi) is 7.00. The van der Waals surface area contributed by atoms with E-state index in [4.69, 9.17) is 16.0 Å². The van der Waals surface area contributed by atoms with Gasteiger partial charge in [-0.25, -0.2) is 9.97 Å². The normalized spacial score (nSPS) is 16.4. The van der Waals surface area contributed by atoms with E-state index in [2.05, 4.69) is 45.8 Å². The van der Waals surface area contributed by atoms with Gasteiger partial charge in [0.25, 0.3) is 6.01 Å². The summed E-state index contributed by atoms with van der Waals surface area (Å²) in [6, 6.07) is 12.2. The van der Waals surface area contributed by atoms with E-state index in [1.807, 2.05) is 42.6 Å². The summed E-state index contributed by atoms with van der Waals surface area (Å²) in [5.41, 5.74) is 5.71. The number of halogens is 1. The number of carbonyl (C=O) groups excluding carboxylic acids is 1. The van der Waals surface area contributed by atoms with Crippen molar-refractivity contribution in [2.45, 2.75) is 32.1 Å². The standard InChI is InChI=1S/C30H28ClN9O2/c31-23-16-34-29-36-22-11-18(14-32-15-22)5-6-20-13-21(35-27(23)39-29)7-8-24(20)37-26(41)12-19-3-2-10-40(17-19)30-38-25-4-1-9-33-28(25)42-30/h1,4,7-9,11,13-16,19H,2-3,5-6,10,12,17H2,(H,37,41)(H2,34,35,36,39)/t19-/m1/s1. The minimum Gasteiger partial charge on any atom is -0.404 e. The maximum absolute atomic E-state index is 13.3. The molecule has 0 aliphatic carbocycles. The lowest BCUT2D eigenvalue weighted by Crippen LogP contribution is -2.37. The summed E-state index contributed by atoms with van der Waals surface area (Å²) in [7, 11) is 0. The van der Waals surface area contributed by atoms with Gasteiger partial charge in [0.2, 0.25) is 17.6 Å². The van der Waals surface area contributed by atoms with Gasteiger partial charge in [-0.15, -0.1) is 0 Å². The monoisotopic (exact) mass is 581 g/mol. The molecule has 0 unspecified atom stereocenters. The number of nitrogens with one attached hydrogen (secondary N) is 3. The van der Waals surface area contributed by atoms with Gasteiger partial charge in [-0.2, -0.15) is 9.97 Å². The summed E-state index contributed by atoms with van der Waals surface area (Å²) >= 11 is 6.39. The highest BCUT2D eigenvalue weighted by Gasteiger charge is 2.26. The van der Waals surface area contributed by atoms with Gasteiger partial charge in [-0.05, 0) is 79.1 Å². The summed E-state index contributed by atoms with van der Waals surface area (Å²) < 4.78 is 5.88. The van der Waals surface area contributed by atoms with Crippen molar-refractivity contribution in [2.75, 3.05) is 33.9 Å². The zero-order valence-corrected chi connectivity index (χ0v) is 23.4. The number of hydrogen-bond acceptors (Lipinski definition) is 10. The van der Waals surface area contributed by atoms with Crippen molar-refractivity contribution < 1.29 is 9.21 Å². The van der Waals surface area contributed by atoms with Crippen molar-refractivity contribution in [1.82, 2.24) is 24.9 Å². The van der Waals surface area contributed by atoms with Crippen LogP contribution in [0.4, 0.5) is 34.8 Å². The summed E-state index contributed by atoms with van der Waals surface area (Å²) in [5.74, 6) is 1.07. The molecule has 1 amide bonds.